The van der Waals surface area contributed by atoms with Crippen molar-refractivity contribution in [3.63, 3.8) is 0 Å². The Labute approximate surface area is 61.9 Å². The molecule has 0 bridgehead atoms. The molecule has 0 aliphatic carbocycles. The monoisotopic (exact) mass is 141 g/mol. The van der Waals surface area contributed by atoms with Crippen LogP contribution in [-0.2, 0) is 4.74 Å². The number of hydrogen-bond donors (Lipinski definition) is 1. The topological polar surface area (TPSA) is 24.6 Å². The van der Waals surface area contributed by atoms with Crippen LogP contribution in [0.1, 0.15) is 19.3 Å². The molecule has 2 saturated heterocycles. The first-order chi connectivity index (χ1) is 4.95. The Morgan fingerprint density at radius 2 is 2.00 bits per heavy atom. The van der Waals surface area contributed by atoms with Gasteiger partial charge in [-0.15, -0.1) is 0 Å². The van der Waals surface area contributed by atoms with Crippen LogP contribution in [0.2, 0.25) is 0 Å². The smallest absolute Gasteiger partial charge is 0.0812 e. The Kier molecular flexibility index (Phi) is 1.91. The molecule has 2 aliphatic rings. The van der Waals surface area contributed by atoms with Crippen molar-refractivity contribution in [3.8, 4) is 0 Å². The second-order valence-electron chi connectivity index (χ2n) is 3.38. The van der Waals surface area contributed by atoms with Crippen LogP contribution in [0.3, 0.4) is 0 Å². The zero-order valence-corrected chi connectivity index (χ0v) is 6.31. The third-order valence-electron chi connectivity index (χ3n) is 2.46. The van der Waals surface area contributed by atoms with Gasteiger partial charge < -0.3 is 10.1 Å². The van der Waals surface area contributed by atoms with E-state index < -0.39 is 0 Å². The molecule has 1 N–H and O–H groups in total. The molecule has 0 aromatic heterocycles. The molecule has 1 atom stereocenters. The predicted octanol–water partition coefficient (Wildman–Crippen LogP) is 0.775. The van der Waals surface area contributed by atoms with E-state index in [9.17, 15) is 0 Å². The molecule has 2 heteroatoms. The van der Waals surface area contributed by atoms with Crippen molar-refractivity contribution in [2.24, 2.45) is 5.92 Å². The van der Waals surface area contributed by atoms with Crippen LogP contribution in [0, 0.1) is 5.92 Å². The molecular weight excluding hydrogens is 126 g/mol. The van der Waals surface area contributed by atoms with Gasteiger partial charge in [0, 0.05) is 0 Å². The first kappa shape index (κ1) is 6.62. The lowest BCUT2D eigenvalue weighted by Crippen LogP contribution is -2.28. The fourth-order valence-electron chi connectivity index (χ4n) is 1.69. The summed E-state index contributed by atoms with van der Waals surface area (Å²) in [6.07, 6.45) is 4.68. The molecule has 10 heavy (non-hydrogen) atoms. The van der Waals surface area contributed by atoms with Crippen LogP contribution in [-0.4, -0.2) is 25.8 Å². The first-order valence-electron chi connectivity index (χ1n) is 4.27. The van der Waals surface area contributed by atoms with Gasteiger partial charge in [0.2, 0.25) is 0 Å². The lowest BCUT2D eigenvalue weighted by atomic mass is 9.93. The summed E-state index contributed by atoms with van der Waals surface area (Å²) in [6.45, 7) is 3.47. The van der Waals surface area contributed by atoms with E-state index in [2.05, 4.69) is 5.32 Å². The zero-order chi connectivity index (χ0) is 6.81. The van der Waals surface area contributed by atoms with Crippen molar-refractivity contribution in [2.75, 3.05) is 19.7 Å². The van der Waals surface area contributed by atoms with Gasteiger partial charge in [-0.05, 0) is 38.3 Å². The molecule has 2 fully saturated rings. The van der Waals surface area contributed by atoms with Crippen LogP contribution in [0.25, 0.3) is 0 Å². The second-order valence-corrected chi connectivity index (χ2v) is 3.38. The standard InChI is InChI=1S/C8H15NO/c1-3-9-4-2-7(1)5-8-6-10-8/h7-9H,1-6H2. The summed E-state index contributed by atoms with van der Waals surface area (Å²) in [5.41, 5.74) is 0. The van der Waals surface area contributed by atoms with Crippen molar-refractivity contribution >= 4 is 0 Å². The van der Waals surface area contributed by atoms with E-state index in [-0.39, 0.29) is 0 Å². The average molecular weight is 141 g/mol. The molecule has 2 aliphatic heterocycles. The molecular formula is C8H15NO. The molecule has 2 rings (SSSR count). The first-order valence-corrected chi connectivity index (χ1v) is 4.27. The SMILES string of the molecule is C1CC(CC2CO2)CCN1. The second kappa shape index (κ2) is 2.89. The van der Waals surface area contributed by atoms with E-state index in [0.29, 0.717) is 6.10 Å². The third kappa shape index (κ3) is 1.70. The summed E-state index contributed by atoms with van der Waals surface area (Å²) in [7, 11) is 0. The Morgan fingerprint density at radius 1 is 1.30 bits per heavy atom. The quantitative estimate of drug-likeness (QED) is 0.575. The summed E-state index contributed by atoms with van der Waals surface area (Å²) < 4.78 is 5.19. The lowest BCUT2D eigenvalue weighted by molar-refractivity contribution is 0.302. The van der Waals surface area contributed by atoms with Gasteiger partial charge in [0.25, 0.3) is 0 Å². The van der Waals surface area contributed by atoms with E-state index in [1.54, 1.807) is 0 Å². The van der Waals surface area contributed by atoms with Crippen molar-refractivity contribution in [3.05, 3.63) is 0 Å². The van der Waals surface area contributed by atoms with Gasteiger partial charge in [0.15, 0.2) is 0 Å². The van der Waals surface area contributed by atoms with Crippen LogP contribution >= 0.6 is 0 Å². The van der Waals surface area contributed by atoms with Crippen LogP contribution in [0.5, 0.6) is 0 Å². The molecule has 1 unspecified atom stereocenters. The maximum Gasteiger partial charge on any atom is 0.0812 e. The number of rotatable bonds is 2. The van der Waals surface area contributed by atoms with Crippen LogP contribution in [0.4, 0.5) is 0 Å². The lowest BCUT2D eigenvalue weighted by Gasteiger charge is -2.21. The third-order valence-corrected chi connectivity index (χ3v) is 2.46. The molecule has 2 nitrogen and oxygen atoms in total. The summed E-state index contributed by atoms with van der Waals surface area (Å²) in [6, 6.07) is 0. The Morgan fingerprint density at radius 3 is 2.60 bits per heavy atom. The maximum atomic E-state index is 5.19. The van der Waals surface area contributed by atoms with E-state index >= 15 is 0 Å². The molecule has 0 amide bonds. The fourth-order valence-corrected chi connectivity index (χ4v) is 1.69. The largest absolute Gasteiger partial charge is 0.373 e. The van der Waals surface area contributed by atoms with Crippen LogP contribution < -0.4 is 5.32 Å². The highest BCUT2D eigenvalue weighted by atomic mass is 16.6. The molecule has 0 aromatic carbocycles. The minimum atomic E-state index is 0.642. The normalized spacial score (nSPS) is 34.2. The van der Waals surface area contributed by atoms with E-state index in [1.165, 1.54) is 32.4 Å². The van der Waals surface area contributed by atoms with Crippen molar-refractivity contribution in [1.82, 2.24) is 5.32 Å². The number of nitrogens with one attached hydrogen (secondary N) is 1. The number of piperidine rings is 1. The highest BCUT2D eigenvalue weighted by Crippen LogP contribution is 2.24. The van der Waals surface area contributed by atoms with E-state index in [4.69, 9.17) is 4.74 Å². The average Bonchev–Trinajstić information content (AvgIpc) is 2.74. The van der Waals surface area contributed by atoms with Gasteiger partial charge in [-0.25, -0.2) is 0 Å². The maximum absolute atomic E-state index is 5.19. The van der Waals surface area contributed by atoms with Gasteiger partial charge >= 0.3 is 0 Å². The summed E-state index contributed by atoms with van der Waals surface area (Å²) >= 11 is 0. The van der Waals surface area contributed by atoms with E-state index in [0.717, 1.165) is 12.5 Å². The van der Waals surface area contributed by atoms with Gasteiger partial charge in [-0.2, -0.15) is 0 Å². The van der Waals surface area contributed by atoms with Gasteiger partial charge in [-0.3, -0.25) is 0 Å². The minimum Gasteiger partial charge on any atom is -0.373 e. The Bertz CT molecular complexity index is 106. The van der Waals surface area contributed by atoms with Crippen molar-refractivity contribution in [1.29, 1.82) is 0 Å². The predicted molar refractivity (Wildman–Crippen MR) is 40.0 cm³/mol. The molecule has 0 saturated carbocycles. The summed E-state index contributed by atoms with van der Waals surface area (Å²) in [5, 5.41) is 3.37. The Balaban J connectivity index is 1.69. The number of hydrogen-bond acceptors (Lipinski definition) is 2. The highest BCUT2D eigenvalue weighted by Gasteiger charge is 2.26. The van der Waals surface area contributed by atoms with Crippen LogP contribution in [0.15, 0.2) is 0 Å². The van der Waals surface area contributed by atoms with Crippen molar-refractivity contribution < 1.29 is 4.74 Å². The van der Waals surface area contributed by atoms with E-state index in [1.807, 2.05) is 0 Å². The summed E-state index contributed by atoms with van der Waals surface area (Å²) in [5.74, 6) is 0.953. The minimum absolute atomic E-state index is 0.642. The fraction of sp³-hybridized carbons (Fsp3) is 1.00. The molecule has 58 valence electrons. The molecule has 0 aromatic rings. The van der Waals surface area contributed by atoms with Gasteiger partial charge in [0.1, 0.15) is 0 Å². The van der Waals surface area contributed by atoms with Gasteiger partial charge in [-0.1, -0.05) is 0 Å². The van der Waals surface area contributed by atoms with Crippen molar-refractivity contribution in [2.45, 2.75) is 25.4 Å². The zero-order valence-electron chi connectivity index (χ0n) is 6.31. The number of ether oxygens (including phenoxy) is 1. The highest BCUT2D eigenvalue weighted by molar-refractivity contribution is 4.77. The van der Waals surface area contributed by atoms with Gasteiger partial charge in [0.05, 0.1) is 12.7 Å². The molecule has 2 heterocycles. The Hall–Kier alpha value is -0.0800. The molecule has 0 spiro atoms. The summed E-state index contributed by atoms with van der Waals surface area (Å²) in [4.78, 5) is 0. The number of epoxide rings is 1. The molecule has 0 radical (unpaired) electrons.